The number of hydrogen-bond donors (Lipinski definition) is 3. The Balaban J connectivity index is 1.88. The van der Waals surface area contributed by atoms with Crippen LogP contribution in [0.3, 0.4) is 0 Å². The molecule has 0 aliphatic heterocycles. The van der Waals surface area contributed by atoms with Crippen LogP contribution in [-0.4, -0.2) is 17.7 Å². The highest BCUT2D eigenvalue weighted by molar-refractivity contribution is 7.15. The lowest BCUT2D eigenvalue weighted by atomic mass is 10.1. The number of nitrogens with two attached hydrogens (primary N) is 1. The molecule has 120 valence electrons. The van der Waals surface area contributed by atoms with Crippen LogP contribution in [0.2, 0.25) is 0 Å². The van der Waals surface area contributed by atoms with Crippen molar-refractivity contribution in [2.24, 2.45) is 5.73 Å². The highest BCUT2D eigenvalue weighted by atomic mass is 32.1. The van der Waals surface area contributed by atoms with Gasteiger partial charge in [0.05, 0.1) is 9.75 Å². The molecule has 1 aromatic carbocycles. The fourth-order valence-electron chi connectivity index (χ4n) is 1.86. The van der Waals surface area contributed by atoms with Gasteiger partial charge in [-0.3, -0.25) is 14.4 Å². The summed E-state index contributed by atoms with van der Waals surface area (Å²) in [6.45, 7) is 2.33. The first kappa shape index (κ1) is 16.7. The molecule has 6 nitrogen and oxygen atoms in total. The van der Waals surface area contributed by atoms with Gasteiger partial charge in [-0.2, -0.15) is 0 Å². The van der Waals surface area contributed by atoms with Gasteiger partial charge in [-0.05, 0) is 23.3 Å². The van der Waals surface area contributed by atoms with Crippen LogP contribution in [-0.2, 0) is 17.9 Å². The van der Waals surface area contributed by atoms with Crippen molar-refractivity contribution in [2.45, 2.75) is 20.0 Å². The van der Waals surface area contributed by atoms with Gasteiger partial charge >= 0.3 is 0 Å². The maximum atomic E-state index is 12.0. The molecule has 2 aromatic rings. The van der Waals surface area contributed by atoms with Crippen LogP contribution in [0.15, 0.2) is 36.4 Å². The maximum Gasteiger partial charge on any atom is 0.261 e. The van der Waals surface area contributed by atoms with Gasteiger partial charge in [0.2, 0.25) is 5.91 Å². The molecule has 1 aromatic heterocycles. The minimum atomic E-state index is -0.538. The zero-order valence-corrected chi connectivity index (χ0v) is 13.4. The van der Waals surface area contributed by atoms with Crippen LogP contribution < -0.4 is 16.4 Å². The van der Waals surface area contributed by atoms with Crippen molar-refractivity contribution in [3.05, 3.63) is 57.3 Å². The predicted octanol–water partition coefficient (Wildman–Crippen LogP) is 1.41. The summed E-state index contributed by atoms with van der Waals surface area (Å²) in [6, 6.07) is 10.7. The maximum absolute atomic E-state index is 12.0. The molecule has 4 N–H and O–H groups in total. The molecule has 0 saturated carbocycles. The largest absolute Gasteiger partial charge is 0.365 e. The number of rotatable bonds is 6. The molecule has 7 heteroatoms. The SMILES string of the molecule is CC(=O)NCc1ccc(CNC(=O)c2ccc(C(N)=O)s2)cc1. The van der Waals surface area contributed by atoms with E-state index >= 15 is 0 Å². The predicted molar refractivity (Wildman–Crippen MR) is 88.0 cm³/mol. The van der Waals surface area contributed by atoms with Crippen molar-refractivity contribution in [3.63, 3.8) is 0 Å². The number of amides is 3. The Kier molecular flexibility index (Phi) is 5.48. The average Bonchev–Trinajstić information content (AvgIpc) is 3.02. The van der Waals surface area contributed by atoms with E-state index in [4.69, 9.17) is 5.73 Å². The lowest BCUT2D eigenvalue weighted by Crippen LogP contribution is -2.22. The van der Waals surface area contributed by atoms with Crippen molar-refractivity contribution in [2.75, 3.05) is 0 Å². The molecule has 2 rings (SSSR count). The first-order valence-corrected chi connectivity index (χ1v) is 7.77. The molecule has 0 saturated heterocycles. The van der Waals surface area contributed by atoms with E-state index in [0.29, 0.717) is 22.8 Å². The van der Waals surface area contributed by atoms with Gasteiger partial charge in [-0.15, -0.1) is 11.3 Å². The van der Waals surface area contributed by atoms with E-state index in [1.165, 1.54) is 6.92 Å². The first-order chi connectivity index (χ1) is 11.0. The molecule has 0 radical (unpaired) electrons. The summed E-state index contributed by atoms with van der Waals surface area (Å²) in [4.78, 5) is 34.7. The van der Waals surface area contributed by atoms with Gasteiger partial charge in [0, 0.05) is 20.0 Å². The Labute approximate surface area is 137 Å². The Morgan fingerprint density at radius 3 is 1.91 bits per heavy atom. The van der Waals surface area contributed by atoms with Gasteiger partial charge < -0.3 is 16.4 Å². The van der Waals surface area contributed by atoms with Crippen LogP contribution in [0.25, 0.3) is 0 Å². The van der Waals surface area contributed by atoms with Crippen molar-refractivity contribution in [3.8, 4) is 0 Å². The summed E-state index contributed by atoms with van der Waals surface area (Å²) >= 11 is 1.07. The summed E-state index contributed by atoms with van der Waals surface area (Å²) in [6.07, 6.45) is 0. The summed E-state index contributed by atoms with van der Waals surface area (Å²) in [5, 5.41) is 5.51. The summed E-state index contributed by atoms with van der Waals surface area (Å²) in [5.74, 6) is -0.860. The number of nitrogens with one attached hydrogen (secondary N) is 2. The van der Waals surface area contributed by atoms with Gasteiger partial charge in [0.25, 0.3) is 11.8 Å². The normalized spacial score (nSPS) is 10.1. The Bertz CT molecular complexity index is 722. The lowest BCUT2D eigenvalue weighted by Gasteiger charge is -2.06. The molecule has 0 atom stereocenters. The second kappa shape index (κ2) is 7.55. The van der Waals surface area contributed by atoms with Gasteiger partial charge in [0.1, 0.15) is 0 Å². The van der Waals surface area contributed by atoms with Gasteiger partial charge in [-0.1, -0.05) is 24.3 Å². The van der Waals surface area contributed by atoms with Crippen LogP contribution in [0, 0.1) is 0 Å². The van der Waals surface area contributed by atoms with Crippen molar-refractivity contribution < 1.29 is 14.4 Å². The van der Waals surface area contributed by atoms with Crippen LogP contribution >= 0.6 is 11.3 Å². The highest BCUT2D eigenvalue weighted by Gasteiger charge is 2.11. The van der Waals surface area contributed by atoms with Crippen molar-refractivity contribution in [1.29, 1.82) is 0 Å². The number of benzene rings is 1. The standard InChI is InChI=1S/C16H17N3O3S/c1-10(20)18-8-11-2-4-12(5-3-11)9-19-16(22)14-7-6-13(23-14)15(17)21/h2-7H,8-9H2,1H3,(H2,17,21)(H,18,20)(H,19,22). The van der Waals surface area contributed by atoms with E-state index in [9.17, 15) is 14.4 Å². The van der Waals surface area contributed by atoms with Crippen LogP contribution in [0.5, 0.6) is 0 Å². The molecule has 23 heavy (non-hydrogen) atoms. The molecule has 0 aliphatic rings. The Hall–Kier alpha value is -2.67. The second-order valence-corrected chi connectivity index (χ2v) is 6.02. The van der Waals surface area contributed by atoms with E-state index in [2.05, 4.69) is 10.6 Å². The molecular formula is C16H17N3O3S. The molecule has 0 spiro atoms. The smallest absolute Gasteiger partial charge is 0.261 e. The lowest BCUT2D eigenvalue weighted by molar-refractivity contribution is -0.119. The number of carbonyl (C=O) groups is 3. The molecule has 3 amide bonds. The van der Waals surface area contributed by atoms with Crippen LogP contribution in [0.4, 0.5) is 0 Å². The van der Waals surface area contributed by atoms with Gasteiger partial charge in [-0.25, -0.2) is 0 Å². The van der Waals surface area contributed by atoms with E-state index in [1.54, 1.807) is 12.1 Å². The summed E-state index contributed by atoms with van der Waals surface area (Å²) in [7, 11) is 0. The Morgan fingerprint density at radius 2 is 1.43 bits per heavy atom. The fourth-order valence-corrected chi connectivity index (χ4v) is 2.64. The minimum Gasteiger partial charge on any atom is -0.365 e. The van der Waals surface area contributed by atoms with Crippen molar-refractivity contribution in [1.82, 2.24) is 10.6 Å². The zero-order chi connectivity index (χ0) is 16.8. The van der Waals surface area contributed by atoms with Crippen LogP contribution in [0.1, 0.15) is 37.4 Å². The third-order valence-corrected chi connectivity index (χ3v) is 4.19. The van der Waals surface area contributed by atoms with Crippen molar-refractivity contribution >= 4 is 29.1 Å². The molecule has 0 fully saturated rings. The average molecular weight is 331 g/mol. The summed E-state index contributed by atoms with van der Waals surface area (Å²) in [5.41, 5.74) is 7.09. The Morgan fingerprint density at radius 1 is 0.913 bits per heavy atom. The quantitative estimate of drug-likeness (QED) is 0.746. The highest BCUT2D eigenvalue weighted by Crippen LogP contribution is 2.15. The van der Waals surface area contributed by atoms with E-state index in [0.717, 1.165) is 22.5 Å². The molecular weight excluding hydrogens is 314 g/mol. The number of hydrogen-bond acceptors (Lipinski definition) is 4. The second-order valence-electron chi connectivity index (χ2n) is 4.94. The van der Waals surface area contributed by atoms with E-state index in [-0.39, 0.29) is 11.8 Å². The van der Waals surface area contributed by atoms with E-state index < -0.39 is 5.91 Å². The zero-order valence-electron chi connectivity index (χ0n) is 12.6. The minimum absolute atomic E-state index is 0.0763. The topological polar surface area (TPSA) is 101 Å². The number of primary amides is 1. The molecule has 0 bridgehead atoms. The monoisotopic (exact) mass is 331 g/mol. The third-order valence-electron chi connectivity index (χ3n) is 3.09. The number of thiophene rings is 1. The van der Waals surface area contributed by atoms with E-state index in [1.807, 2.05) is 24.3 Å². The fraction of sp³-hybridized carbons (Fsp3) is 0.188. The molecule has 0 aliphatic carbocycles. The molecule has 0 unspecified atom stereocenters. The molecule has 1 heterocycles. The number of carbonyl (C=O) groups excluding carboxylic acids is 3. The third kappa shape index (κ3) is 4.93. The van der Waals surface area contributed by atoms with Gasteiger partial charge in [0.15, 0.2) is 0 Å². The first-order valence-electron chi connectivity index (χ1n) is 6.96. The summed E-state index contributed by atoms with van der Waals surface area (Å²) < 4.78 is 0.